The number of carbonyl (C=O) groups is 1. The van der Waals surface area contributed by atoms with Gasteiger partial charge in [-0.05, 0) is 36.5 Å². The van der Waals surface area contributed by atoms with Crippen molar-refractivity contribution >= 4 is 15.7 Å². The fourth-order valence-electron chi connectivity index (χ4n) is 2.74. The molecule has 128 valence electrons. The monoisotopic (exact) mass is 349 g/mol. The first kappa shape index (κ1) is 17.8. The highest BCUT2D eigenvalue weighted by Crippen LogP contribution is 2.31. The molecule has 0 bridgehead atoms. The third kappa shape index (κ3) is 4.46. The topological polar surface area (TPSA) is 63.2 Å². The third-order valence-electron chi connectivity index (χ3n) is 4.09. The zero-order valence-electron chi connectivity index (χ0n) is 12.6. The number of alkyl halides is 3. The summed E-state index contributed by atoms with van der Waals surface area (Å²) in [4.78, 5) is 11.0. The van der Waals surface area contributed by atoms with Crippen molar-refractivity contribution in [3.05, 3.63) is 29.8 Å². The van der Waals surface area contributed by atoms with Gasteiger partial charge in [-0.1, -0.05) is 13.0 Å². The molecule has 2 rings (SSSR count). The van der Waals surface area contributed by atoms with Gasteiger partial charge in [0.15, 0.2) is 9.84 Å². The number of sulfone groups is 1. The molecule has 4 nitrogen and oxygen atoms in total. The van der Waals surface area contributed by atoms with Crippen LogP contribution in [0.4, 0.5) is 13.2 Å². The van der Waals surface area contributed by atoms with Crippen molar-refractivity contribution in [1.29, 1.82) is 0 Å². The Morgan fingerprint density at radius 3 is 2.65 bits per heavy atom. The average Bonchev–Trinajstić information content (AvgIpc) is 2.46. The van der Waals surface area contributed by atoms with Gasteiger partial charge in [-0.15, -0.1) is 0 Å². The van der Waals surface area contributed by atoms with E-state index in [1.807, 2.05) is 0 Å². The second-order valence-corrected chi connectivity index (χ2v) is 7.92. The fourth-order valence-corrected chi connectivity index (χ4v) is 4.49. The molecule has 8 heteroatoms. The molecule has 1 fully saturated rings. The molecule has 1 saturated heterocycles. The lowest BCUT2D eigenvalue weighted by Gasteiger charge is -2.27. The first-order valence-electron chi connectivity index (χ1n) is 7.26. The van der Waals surface area contributed by atoms with Crippen molar-refractivity contribution in [3.8, 4) is 0 Å². The lowest BCUT2D eigenvalue weighted by Crippen LogP contribution is -2.37. The van der Waals surface area contributed by atoms with E-state index in [1.165, 1.54) is 6.07 Å². The molecule has 0 saturated carbocycles. The Bertz CT molecular complexity index is 685. The van der Waals surface area contributed by atoms with E-state index in [1.54, 1.807) is 6.92 Å². The summed E-state index contributed by atoms with van der Waals surface area (Å²) in [6, 6.07) is 3.77. The summed E-state index contributed by atoms with van der Waals surface area (Å²) in [6.45, 7) is 2.21. The Labute approximate surface area is 133 Å². The van der Waals surface area contributed by atoms with Crippen LogP contribution in [0, 0.1) is 11.8 Å². The summed E-state index contributed by atoms with van der Waals surface area (Å²) < 4.78 is 62.9. The predicted octanol–water partition coefficient (Wildman–Crippen LogP) is 2.64. The van der Waals surface area contributed by atoms with E-state index in [9.17, 15) is 26.4 Å². The Hall–Kier alpha value is -1.57. The standard InChI is InChI=1S/C15H18F3NO3S/c1-10(11-5-6-19-14(20)7-11)9-23(21,22)13-4-2-3-12(8-13)15(16,17)18/h2-4,8,10-11H,5-7,9H2,1H3,(H,19,20). The summed E-state index contributed by atoms with van der Waals surface area (Å²) >= 11 is 0. The molecule has 1 amide bonds. The van der Waals surface area contributed by atoms with Crippen LogP contribution in [0.5, 0.6) is 0 Å². The lowest BCUT2D eigenvalue weighted by atomic mass is 9.87. The van der Waals surface area contributed by atoms with Gasteiger partial charge in [0.05, 0.1) is 16.2 Å². The minimum absolute atomic E-state index is 0.0793. The van der Waals surface area contributed by atoms with Crippen LogP contribution in [-0.2, 0) is 20.8 Å². The molecular formula is C15H18F3NO3S. The largest absolute Gasteiger partial charge is 0.416 e. The molecule has 1 aromatic carbocycles. The molecule has 1 heterocycles. The van der Waals surface area contributed by atoms with Crippen LogP contribution in [0.25, 0.3) is 0 Å². The number of piperidine rings is 1. The van der Waals surface area contributed by atoms with Crippen LogP contribution in [0.2, 0.25) is 0 Å². The molecule has 2 unspecified atom stereocenters. The number of hydrogen-bond acceptors (Lipinski definition) is 3. The number of carbonyl (C=O) groups excluding carboxylic acids is 1. The molecule has 0 aliphatic carbocycles. The lowest BCUT2D eigenvalue weighted by molar-refractivity contribution is -0.137. The Morgan fingerprint density at radius 2 is 2.04 bits per heavy atom. The van der Waals surface area contributed by atoms with Crippen molar-refractivity contribution in [3.63, 3.8) is 0 Å². The normalized spacial score (nSPS) is 20.9. The molecule has 1 aliphatic heterocycles. The quantitative estimate of drug-likeness (QED) is 0.909. The van der Waals surface area contributed by atoms with Gasteiger partial charge in [0.25, 0.3) is 0 Å². The van der Waals surface area contributed by atoms with Crippen LogP contribution >= 0.6 is 0 Å². The first-order valence-corrected chi connectivity index (χ1v) is 8.91. The number of halogens is 3. The minimum atomic E-state index is -4.58. The van der Waals surface area contributed by atoms with E-state index in [0.717, 1.165) is 12.1 Å². The van der Waals surface area contributed by atoms with Gasteiger partial charge < -0.3 is 5.32 Å². The van der Waals surface area contributed by atoms with Gasteiger partial charge in [-0.3, -0.25) is 4.79 Å². The van der Waals surface area contributed by atoms with Crippen molar-refractivity contribution in [2.45, 2.75) is 30.8 Å². The van der Waals surface area contributed by atoms with Gasteiger partial charge in [-0.2, -0.15) is 13.2 Å². The molecule has 2 atom stereocenters. The molecule has 0 spiro atoms. The first-order chi connectivity index (χ1) is 10.6. The second kappa shape index (κ2) is 6.51. The maximum Gasteiger partial charge on any atom is 0.416 e. The van der Waals surface area contributed by atoms with Gasteiger partial charge in [0.2, 0.25) is 5.91 Å². The van der Waals surface area contributed by atoms with Crippen LogP contribution in [-0.4, -0.2) is 26.6 Å². The number of benzene rings is 1. The van der Waals surface area contributed by atoms with Crippen LogP contribution < -0.4 is 5.32 Å². The highest BCUT2D eigenvalue weighted by molar-refractivity contribution is 7.91. The molecule has 0 aromatic heterocycles. The van der Waals surface area contributed by atoms with Crippen LogP contribution in [0.15, 0.2) is 29.2 Å². The van der Waals surface area contributed by atoms with E-state index in [0.29, 0.717) is 19.0 Å². The smallest absolute Gasteiger partial charge is 0.356 e. The molecule has 1 aromatic rings. The average molecular weight is 349 g/mol. The van der Waals surface area contributed by atoms with Gasteiger partial charge in [0, 0.05) is 13.0 Å². The summed E-state index contributed by atoms with van der Waals surface area (Å²) in [5.74, 6) is -0.777. The van der Waals surface area contributed by atoms with E-state index in [-0.39, 0.29) is 34.8 Å². The number of amides is 1. The van der Waals surface area contributed by atoms with Gasteiger partial charge in [0.1, 0.15) is 0 Å². The summed E-state index contributed by atoms with van der Waals surface area (Å²) in [5.41, 5.74) is -0.983. The summed E-state index contributed by atoms with van der Waals surface area (Å²) in [5, 5.41) is 2.67. The zero-order valence-corrected chi connectivity index (χ0v) is 13.4. The van der Waals surface area contributed by atoms with Crippen molar-refractivity contribution in [2.75, 3.05) is 12.3 Å². The number of rotatable bonds is 4. The highest BCUT2D eigenvalue weighted by atomic mass is 32.2. The highest BCUT2D eigenvalue weighted by Gasteiger charge is 2.33. The van der Waals surface area contributed by atoms with Crippen molar-refractivity contribution in [1.82, 2.24) is 5.32 Å². The molecule has 23 heavy (non-hydrogen) atoms. The SMILES string of the molecule is CC(CS(=O)(=O)c1cccc(C(F)(F)F)c1)C1CCNC(=O)C1. The van der Waals surface area contributed by atoms with Gasteiger partial charge >= 0.3 is 6.18 Å². The van der Waals surface area contributed by atoms with Gasteiger partial charge in [-0.25, -0.2) is 8.42 Å². The fraction of sp³-hybridized carbons (Fsp3) is 0.533. The number of nitrogens with one attached hydrogen (secondary N) is 1. The van der Waals surface area contributed by atoms with Crippen LogP contribution in [0.1, 0.15) is 25.3 Å². The van der Waals surface area contributed by atoms with E-state index in [4.69, 9.17) is 0 Å². The molecule has 0 radical (unpaired) electrons. The Morgan fingerprint density at radius 1 is 1.35 bits per heavy atom. The van der Waals surface area contributed by atoms with Crippen molar-refractivity contribution < 1.29 is 26.4 Å². The van der Waals surface area contributed by atoms with Crippen molar-refractivity contribution in [2.24, 2.45) is 11.8 Å². The number of hydrogen-bond donors (Lipinski definition) is 1. The second-order valence-electron chi connectivity index (χ2n) is 5.89. The summed E-state index contributed by atoms with van der Waals surface area (Å²) in [7, 11) is -3.84. The molecule has 1 aliphatic rings. The predicted molar refractivity (Wildman–Crippen MR) is 78.4 cm³/mol. The third-order valence-corrected chi connectivity index (χ3v) is 6.03. The van der Waals surface area contributed by atoms with Crippen LogP contribution in [0.3, 0.4) is 0 Å². The maximum atomic E-state index is 12.7. The Kier molecular flexibility index (Phi) is 5.03. The zero-order chi connectivity index (χ0) is 17.3. The Balaban J connectivity index is 2.17. The van der Waals surface area contributed by atoms with E-state index in [2.05, 4.69) is 5.32 Å². The van der Waals surface area contributed by atoms with E-state index < -0.39 is 21.6 Å². The molecule has 1 N–H and O–H groups in total. The van der Waals surface area contributed by atoms with E-state index >= 15 is 0 Å². The maximum absolute atomic E-state index is 12.7. The summed E-state index contributed by atoms with van der Waals surface area (Å²) in [6.07, 6.45) is -3.66. The molecular weight excluding hydrogens is 331 g/mol. The minimum Gasteiger partial charge on any atom is -0.356 e.